The van der Waals surface area contributed by atoms with E-state index in [1.807, 2.05) is 0 Å². The largest absolute Gasteiger partial charge is 0.478 e. The Hall–Kier alpha value is -1.95. The van der Waals surface area contributed by atoms with Gasteiger partial charge in [0.05, 0.1) is 5.56 Å². The first-order valence-corrected chi connectivity index (χ1v) is 6.71. The van der Waals surface area contributed by atoms with Gasteiger partial charge in [0.15, 0.2) is 0 Å². The number of carboxylic acids is 1. The molecule has 114 valence electrons. The molecule has 0 aromatic heterocycles. The normalized spacial score (nSPS) is 18.0. The van der Waals surface area contributed by atoms with Gasteiger partial charge in [-0.25, -0.2) is 14.0 Å². The van der Waals surface area contributed by atoms with Gasteiger partial charge in [0.2, 0.25) is 0 Å². The molecule has 0 fully saturated rings. The summed E-state index contributed by atoms with van der Waals surface area (Å²) in [6.45, 7) is 5.67. The molecule has 1 aromatic carbocycles. The van der Waals surface area contributed by atoms with Crippen molar-refractivity contribution in [3.8, 4) is 0 Å². The maximum atomic E-state index is 14.4. The molecule has 1 atom stereocenters. The van der Waals surface area contributed by atoms with Crippen LogP contribution < -0.4 is 5.32 Å². The second-order valence-electron chi connectivity index (χ2n) is 5.98. The highest BCUT2D eigenvalue weighted by molar-refractivity contribution is 5.89. The molecule has 0 bridgehead atoms. The molecule has 1 aromatic rings. The van der Waals surface area contributed by atoms with Gasteiger partial charge in [-0.15, -0.1) is 0 Å². The Labute approximate surface area is 122 Å². The Bertz CT molecular complexity index is 592. The van der Waals surface area contributed by atoms with Crippen LogP contribution in [0.15, 0.2) is 12.1 Å². The summed E-state index contributed by atoms with van der Waals surface area (Å²) in [5.41, 5.74) is -0.425. The van der Waals surface area contributed by atoms with Crippen molar-refractivity contribution >= 4 is 11.9 Å². The molecule has 0 spiro atoms. The molecule has 1 aliphatic heterocycles. The zero-order valence-corrected chi connectivity index (χ0v) is 12.2. The highest BCUT2D eigenvalue weighted by atomic mass is 19.1. The van der Waals surface area contributed by atoms with Crippen LogP contribution in [0.3, 0.4) is 0 Å². The summed E-state index contributed by atoms with van der Waals surface area (Å²) in [7, 11) is 0. The van der Waals surface area contributed by atoms with Gasteiger partial charge in [-0.3, -0.25) is 0 Å². The van der Waals surface area contributed by atoms with Crippen LogP contribution in [0.1, 0.15) is 48.3 Å². The van der Waals surface area contributed by atoms with Crippen molar-refractivity contribution < 1.29 is 23.8 Å². The lowest BCUT2D eigenvalue weighted by atomic mass is 9.91. The van der Waals surface area contributed by atoms with Crippen LogP contribution in [0.25, 0.3) is 0 Å². The van der Waals surface area contributed by atoms with E-state index in [4.69, 9.17) is 9.84 Å². The van der Waals surface area contributed by atoms with Crippen LogP contribution in [-0.2, 0) is 16.0 Å². The molecule has 5 nitrogen and oxygen atoms in total. The van der Waals surface area contributed by atoms with E-state index >= 15 is 0 Å². The van der Waals surface area contributed by atoms with Crippen molar-refractivity contribution in [2.24, 2.45) is 0 Å². The lowest BCUT2D eigenvalue weighted by molar-refractivity contribution is -0.158. The lowest BCUT2D eigenvalue weighted by Crippen LogP contribution is -2.40. The quantitative estimate of drug-likeness (QED) is 0.817. The van der Waals surface area contributed by atoms with E-state index in [0.29, 0.717) is 18.5 Å². The second-order valence-corrected chi connectivity index (χ2v) is 5.98. The highest BCUT2D eigenvalue weighted by Crippen LogP contribution is 2.30. The molecule has 1 aliphatic rings. The fraction of sp³-hybridized carbons (Fsp3) is 0.467. The first-order valence-electron chi connectivity index (χ1n) is 6.71. The number of fused-ring (bicyclic) bond motifs is 1. The number of esters is 1. The van der Waals surface area contributed by atoms with Crippen molar-refractivity contribution in [2.75, 3.05) is 6.54 Å². The molecule has 1 unspecified atom stereocenters. The fourth-order valence-electron chi connectivity index (χ4n) is 2.34. The van der Waals surface area contributed by atoms with E-state index in [1.54, 1.807) is 26.8 Å². The van der Waals surface area contributed by atoms with Crippen LogP contribution >= 0.6 is 0 Å². The number of carbonyl (C=O) groups excluding carboxylic acids is 1. The number of carboxylic acid groups (broad SMARTS) is 1. The lowest BCUT2D eigenvalue weighted by Gasteiger charge is -2.29. The number of carbonyl (C=O) groups is 2. The molecule has 6 heteroatoms. The predicted octanol–water partition coefficient (Wildman–Crippen LogP) is 2.05. The molecule has 0 saturated carbocycles. The molecule has 0 saturated heterocycles. The van der Waals surface area contributed by atoms with E-state index in [0.717, 1.165) is 0 Å². The van der Waals surface area contributed by atoms with Gasteiger partial charge in [0.1, 0.15) is 17.5 Å². The Morgan fingerprint density at radius 3 is 2.62 bits per heavy atom. The molecule has 21 heavy (non-hydrogen) atoms. The van der Waals surface area contributed by atoms with Gasteiger partial charge in [-0.2, -0.15) is 0 Å². The summed E-state index contributed by atoms with van der Waals surface area (Å²) < 4.78 is 19.7. The van der Waals surface area contributed by atoms with E-state index in [-0.39, 0.29) is 5.56 Å². The van der Waals surface area contributed by atoms with Gasteiger partial charge in [0.25, 0.3) is 0 Å². The smallest absolute Gasteiger partial charge is 0.338 e. The minimum Gasteiger partial charge on any atom is -0.478 e. The van der Waals surface area contributed by atoms with Gasteiger partial charge < -0.3 is 15.2 Å². The maximum absolute atomic E-state index is 14.4. The number of benzene rings is 1. The first kappa shape index (κ1) is 15.4. The van der Waals surface area contributed by atoms with E-state index in [2.05, 4.69) is 5.32 Å². The molecule has 1 heterocycles. The highest BCUT2D eigenvalue weighted by Gasteiger charge is 2.34. The first-order chi connectivity index (χ1) is 9.70. The Morgan fingerprint density at radius 2 is 2.05 bits per heavy atom. The van der Waals surface area contributed by atoms with Crippen LogP contribution in [0.2, 0.25) is 0 Å². The van der Waals surface area contributed by atoms with E-state index in [9.17, 15) is 14.0 Å². The average Bonchev–Trinajstić information content (AvgIpc) is 2.36. The minimum atomic E-state index is -1.36. The number of halogens is 1. The predicted molar refractivity (Wildman–Crippen MR) is 73.7 cm³/mol. The SMILES string of the molecule is CC(C)(C)OC(=O)C1NCCc2ccc(C(=O)O)c(F)c21. The molecule has 0 amide bonds. The fourth-order valence-corrected chi connectivity index (χ4v) is 2.34. The molecular formula is C15H18FNO4. The number of ether oxygens (including phenoxy) is 1. The summed E-state index contributed by atoms with van der Waals surface area (Å²) in [6, 6.07) is 1.81. The zero-order valence-electron chi connectivity index (χ0n) is 12.2. The molecule has 0 aliphatic carbocycles. The summed E-state index contributed by atoms with van der Waals surface area (Å²) in [4.78, 5) is 23.2. The molecule has 2 N–H and O–H groups in total. The Balaban J connectivity index is 2.44. The average molecular weight is 295 g/mol. The minimum absolute atomic E-state index is 0.0791. The van der Waals surface area contributed by atoms with Crippen LogP contribution in [-0.4, -0.2) is 29.2 Å². The second kappa shape index (κ2) is 5.44. The zero-order chi connectivity index (χ0) is 15.8. The third-order valence-electron chi connectivity index (χ3n) is 3.17. The number of hydrogen-bond acceptors (Lipinski definition) is 4. The van der Waals surface area contributed by atoms with Crippen molar-refractivity contribution in [2.45, 2.75) is 38.8 Å². The van der Waals surface area contributed by atoms with Crippen molar-refractivity contribution in [3.05, 3.63) is 34.6 Å². The Kier molecular flexibility index (Phi) is 4.00. The van der Waals surface area contributed by atoms with Gasteiger partial charge >= 0.3 is 11.9 Å². The number of nitrogens with one attached hydrogen (secondary N) is 1. The Morgan fingerprint density at radius 1 is 1.38 bits per heavy atom. The van der Waals surface area contributed by atoms with Crippen LogP contribution in [0.4, 0.5) is 4.39 Å². The third-order valence-corrected chi connectivity index (χ3v) is 3.17. The summed E-state index contributed by atoms with van der Waals surface area (Å²) in [6.07, 6.45) is 0.533. The summed E-state index contributed by atoms with van der Waals surface area (Å²) in [5, 5.41) is 11.9. The van der Waals surface area contributed by atoms with Gasteiger partial charge in [0, 0.05) is 12.1 Å². The number of hydrogen-bond donors (Lipinski definition) is 2. The maximum Gasteiger partial charge on any atom is 0.338 e. The molecule has 0 radical (unpaired) electrons. The van der Waals surface area contributed by atoms with E-state index < -0.39 is 35.0 Å². The molecule has 2 rings (SSSR count). The van der Waals surface area contributed by atoms with E-state index in [1.165, 1.54) is 6.07 Å². The van der Waals surface area contributed by atoms with Crippen molar-refractivity contribution in [1.29, 1.82) is 0 Å². The topological polar surface area (TPSA) is 75.6 Å². The summed E-state index contributed by atoms with van der Waals surface area (Å²) >= 11 is 0. The summed E-state index contributed by atoms with van der Waals surface area (Å²) in [5.74, 6) is -2.84. The van der Waals surface area contributed by atoms with Gasteiger partial charge in [-0.05, 0) is 38.8 Å². The van der Waals surface area contributed by atoms with Crippen molar-refractivity contribution in [1.82, 2.24) is 5.32 Å². The monoisotopic (exact) mass is 295 g/mol. The van der Waals surface area contributed by atoms with Crippen LogP contribution in [0.5, 0.6) is 0 Å². The van der Waals surface area contributed by atoms with Gasteiger partial charge in [-0.1, -0.05) is 6.07 Å². The molecular weight excluding hydrogens is 277 g/mol. The number of aromatic carboxylic acids is 1. The standard InChI is InChI=1S/C15H18FNO4/c1-15(2,3)21-14(20)12-10-8(6-7-17-12)4-5-9(11(10)16)13(18)19/h4-5,12,17H,6-7H2,1-3H3,(H,18,19). The van der Waals surface area contributed by atoms with Crippen molar-refractivity contribution in [3.63, 3.8) is 0 Å². The number of rotatable bonds is 2. The van der Waals surface area contributed by atoms with Crippen LogP contribution in [0, 0.1) is 5.82 Å². The third kappa shape index (κ3) is 3.21.